The lowest BCUT2D eigenvalue weighted by Crippen LogP contribution is -2.26. The van der Waals surface area contributed by atoms with Crippen LogP contribution in [-0.4, -0.2) is 23.5 Å². The molecular weight excluding hydrogens is 192 g/mol. The van der Waals surface area contributed by atoms with Gasteiger partial charge in [0.1, 0.15) is 4.99 Å². The van der Waals surface area contributed by atoms with Gasteiger partial charge in [-0.25, -0.2) is 0 Å². The van der Waals surface area contributed by atoms with Crippen LogP contribution in [0.15, 0.2) is 18.2 Å². The minimum Gasteiger partial charge on any atom is -0.389 e. The minimum atomic E-state index is 0.487. The van der Waals surface area contributed by atoms with E-state index in [4.69, 9.17) is 18.0 Å². The highest BCUT2D eigenvalue weighted by Crippen LogP contribution is 2.19. The molecule has 1 aliphatic heterocycles. The summed E-state index contributed by atoms with van der Waals surface area (Å²) in [5.74, 6) is 0. The largest absolute Gasteiger partial charge is 0.389 e. The van der Waals surface area contributed by atoms with Gasteiger partial charge in [-0.2, -0.15) is 0 Å². The lowest BCUT2D eigenvalue weighted by molar-refractivity contribution is 0.313. The van der Waals surface area contributed by atoms with Gasteiger partial charge in [0.25, 0.3) is 0 Å². The summed E-state index contributed by atoms with van der Waals surface area (Å²) in [4.78, 5) is 2.80. The zero-order chi connectivity index (χ0) is 10.1. The Morgan fingerprint density at radius 2 is 2.21 bits per heavy atom. The van der Waals surface area contributed by atoms with Crippen molar-refractivity contribution >= 4 is 17.2 Å². The Labute approximate surface area is 89.7 Å². The zero-order valence-corrected chi connectivity index (χ0v) is 9.10. The van der Waals surface area contributed by atoms with Crippen LogP contribution in [0.5, 0.6) is 0 Å². The van der Waals surface area contributed by atoms with Crippen LogP contribution < -0.4 is 5.73 Å². The number of benzene rings is 1. The molecule has 2 N–H and O–H groups in total. The average molecular weight is 206 g/mol. The van der Waals surface area contributed by atoms with Crippen LogP contribution in [0.3, 0.4) is 0 Å². The maximum absolute atomic E-state index is 5.60. The van der Waals surface area contributed by atoms with Gasteiger partial charge in [0.05, 0.1) is 0 Å². The van der Waals surface area contributed by atoms with E-state index in [1.807, 2.05) is 6.07 Å². The SMILES string of the molecule is CN1CCc2ccc(C(N)=S)cc2C1. The minimum absolute atomic E-state index is 0.487. The maximum Gasteiger partial charge on any atom is 0.103 e. The highest BCUT2D eigenvalue weighted by atomic mass is 32.1. The molecule has 1 aromatic carbocycles. The van der Waals surface area contributed by atoms with Crippen LogP contribution in [0.4, 0.5) is 0 Å². The van der Waals surface area contributed by atoms with Crippen LogP contribution >= 0.6 is 12.2 Å². The van der Waals surface area contributed by atoms with E-state index in [0.29, 0.717) is 4.99 Å². The Balaban J connectivity index is 2.37. The fourth-order valence-electron chi connectivity index (χ4n) is 1.85. The number of nitrogens with two attached hydrogens (primary N) is 1. The van der Waals surface area contributed by atoms with E-state index < -0.39 is 0 Å². The molecule has 1 aliphatic rings. The molecule has 0 spiro atoms. The lowest BCUT2D eigenvalue weighted by atomic mass is 9.98. The normalized spacial score (nSPS) is 16.4. The van der Waals surface area contributed by atoms with E-state index in [2.05, 4.69) is 24.1 Å². The van der Waals surface area contributed by atoms with Crippen molar-refractivity contribution < 1.29 is 0 Å². The molecule has 0 bridgehead atoms. The fraction of sp³-hybridized carbons (Fsp3) is 0.364. The Bertz CT molecular complexity index is 374. The molecule has 0 radical (unpaired) electrons. The molecule has 2 rings (SSSR count). The molecule has 0 fully saturated rings. The van der Waals surface area contributed by atoms with Gasteiger partial charge in [-0.05, 0) is 30.7 Å². The first kappa shape index (κ1) is 9.62. The molecule has 1 heterocycles. The lowest BCUT2D eigenvalue weighted by Gasteiger charge is -2.25. The number of thiocarbonyl (C=S) groups is 1. The summed E-state index contributed by atoms with van der Waals surface area (Å²) in [5, 5.41) is 0. The maximum atomic E-state index is 5.60. The monoisotopic (exact) mass is 206 g/mol. The van der Waals surface area contributed by atoms with E-state index in [-0.39, 0.29) is 0 Å². The van der Waals surface area contributed by atoms with Gasteiger partial charge in [0.15, 0.2) is 0 Å². The van der Waals surface area contributed by atoms with Gasteiger partial charge in [-0.3, -0.25) is 0 Å². The molecule has 0 aliphatic carbocycles. The summed E-state index contributed by atoms with van der Waals surface area (Å²) in [7, 11) is 2.14. The van der Waals surface area contributed by atoms with Crippen molar-refractivity contribution in [3.8, 4) is 0 Å². The molecular formula is C11H14N2S. The first-order valence-electron chi connectivity index (χ1n) is 4.77. The number of fused-ring (bicyclic) bond motifs is 1. The van der Waals surface area contributed by atoms with Gasteiger partial charge >= 0.3 is 0 Å². The molecule has 1 aromatic rings. The number of hydrogen-bond donors (Lipinski definition) is 1. The topological polar surface area (TPSA) is 29.3 Å². The van der Waals surface area contributed by atoms with Crippen LogP contribution in [0.25, 0.3) is 0 Å². The first-order chi connectivity index (χ1) is 6.66. The van der Waals surface area contributed by atoms with E-state index >= 15 is 0 Å². The highest BCUT2D eigenvalue weighted by molar-refractivity contribution is 7.80. The molecule has 0 saturated carbocycles. The molecule has 2 nitrogen and oxygen atoms in total. The highest BCUT2D eigenvalue weighted by Gasteiger charge is 2.13. The van der Waals surface area contributed by atoms with Crippen molar-refractivity contribution in [3.05, 3.63) is 34.9 Å². The molecule has 0 unspecified atom stereocenters. The third-order valence-corrected chi connectivity index (χ3v) is 2.93. The molecule has 0 aromatic heterocycles. The summed E-state index contributed by atoms with van der Waals surface area (Å²) < 4.78 is 0. The third kappa shape index (κ3) is 1.79. The Kier molecular flexibility index (Phi) is 2.52. The van der Waals surface area contributed by atoms with Gasteiger partial charge in [0.2, 0.25) is 0 Å². The molecule has 74 valence electrons. The van der Waals surface area contributed by atoms with Crippen molar-refractivity contribution in [2.24, 2.45) is 5.73 Å². The first-order valence-corrected chi connectivity index (χ1v) is 5.18. The number of nitrogens with zero attached hydrogens (tertiary/aromatic N) is 1. The van der Waals surface area contributed by atoms with Crippen LogP contribution in [0.2, 0.25) is 0 Å². The van der Waals surface area contributed by atoms with Gasteiger partial charge in [0, 0.05) is 18.7 Å². The van der Waals surface area contributed by atoms with E-state index in [1.54, 1.807) is 0 Å². The number of likely N-dealkylation sites (N-methyl/N-ethyl adjacent to an activating group) is 1. The molecule has 0 atom stereocenters. The summed E-state index contributed by atoms with van der Waals surface area (Å²) in [6.45, 7) is 2.14. The van der Waals surface area contributed by atoms with Crippen LogP contribution in [-0.2, 0) is 13.0 Å². The van der Waals surface area contributed by atoms with Crippen molar-refractivity contribution in [3.63, 3.8) is 0 Å². The smallest absolute Gasteiger partial charge is 0.103 e. The van der Waals surface area contributed by atoms with E-state index in [0.717, 1.165) is 25.1 Å². The van der Waals surface area contributed by atoms with Gasteiger partial charge < -0.3 is 10.6 Å². The summed E-state index contributed by atoms with van der Waals surface area (Å²) in [6, 6.07) is 6.29. The van der Waals surface area contributed by atoms with Gasteiger partial charge in [-0.15, -0.1) is 0 Å². The van der Waals surface area contributed by atoms with Crippen molar-refractivity contribution in [1.82, 2.24) is 4.90 Å². The Morgan fingerprint density at radius 1 is 1.43 bits per heavy atom. The molecule has 0 saturated heterocycles. The van der Waals surface area contributed by atoms with E-state index in [9.17, 15) is 0 Å². The van der Waals surface area contributed by atoms with Crippen molar-refractivity contribution in [1.29, 1.82) is 0 Å². The fourth-order valence-corrected chi connectivity index (χ4v) is 1.98. The Hall–Kier alpha value is -0.930. The van der Waals surface area contributed by atoms with E-state index in [1.165, 1.54) is 11.1 Å². The second kappa shape index (κ2) is 3.67. The molecule has 3 heteroatoms. The standard InChI is InChI=1S/C11H14N2S/c1-13-5-4-8-2-3-9(11(12)14)6-10(8)7-13/h2-3,6H,4-5,7H2,1H3,(H2,12,14). The number of rotatable bonds is 1. The predicted octanol–water partition coefficient (Wildman–Crippen LogP) is 1.31. The van der Waals surface area contributed by atoms with Crippen molar-refractivity contribution in [2.45, 2.75) is 13.0 Å². The Morgan fingerprint density at radius 3 is 2.93 bits per heavy atom. The van der Waals surface area contributed by atoms with Gasteiger partial charge in [-0.1, -0.05) is 24.4 Å². The van der Waals surface area contributed by atoms with Crippen LogP contribution in [0, 0.1) is 0 Å². The van der Waals surface area contributed by atoms with Crippen LogP contribution in [0.1, 0.15) is 16.7 Å². The summed E-state index contributed by atoms with van der Waals surface area (Å²) >= 11 is 4.96. The quantitative estimate of drug-likeness (QED) is 0.702. The number of hydrogen-bond acceptors (Lipinski definition) is 2. The zero-order valence-electron chi connectivity index (χ0n) is 8.29. The second-order valence-electron chi connectivity index (χ2n) is 3.84. The second-order valence-corrected chi connectivity index (χ2v) is 4.28. The third-order valence-electron chi connectivity index (χ3n) is 2.69. The molecule has 14 heavy (non-hydrogen) atoms. The average Bonchev–Trinajstić information content (AvgIpc) is 2.16. The molecule has 0 amide bonds. The van der Waals surface area contributed by atoms with Crippen molar-refractivity contribution in [2.75, 3.05) is 13.6 Å². The predicted molar refractivity (Wildman–Crippen MR) is 62.4 cm³/mol. The summed E-state index contributed by atoms with van der Waals surface area (Å²) in [6.07, 6.45) is 1.13. The summed E-state index contributed by atoms with van der Waals surface area (Å²) in [5.41, 5.74) is 9.38.